The molecule has 0 heterocycles. The maximum Gasteiger partial charge on any atom is 0.344 e. The monoisotopic (exact) mass is 454 g/mol. The highest BCUT2D eigenvalue weighted by Crippen LogP contribution is 2.27. The predicted octanol–water partition coefficient (Wildman–Crippen LogP) is 4.84. The van der Waals surface area contributed by atoms with Gasteiger partial charge in [0.05, 0.1) is 26.0 Å². The number of methoxy groups -OCH3 is 2. The van der Waals surface area contributed by atoms with Crippen LogP contribution in [0.2, 0.25) is 0 Å². The number of hydrazone groups is 1. The van der Waals surface area contributed by atoms with Crippen molar-refractivity contribution in [2.75, 3.05) is 14.2 Å². The molecule has 0 bridgehead atoms. The van der Waals surface area contributed by atoms with E-state index in [9.17, 15) is 9.59 Å². The van der Waals surface area contributed by atoms with Crippen LogP contribution in [0.25, 0.3) is 10.8 Å². The Morgan fingerprint density at radius 3 is 2.32 bits per heavy atom. The standard InChI is InChI=1S/C27H22N2O5/c1-32-24-15-12-20(16-25(24)33-2)26(30)29-28-17-18-10-13-21(14-11-18)34-27(31)23-9-5-7-19-6-3-4-8-22(19)23/h3-17H,1-2H3,(H,29,30). The quantitative estimate of drug-likeness (QED) is 0.187. The summed E-state index contributed by atoms with van der Waals surface area (Å²) in [5, 5.41) is 5.79. The van der Waals surface area contributed by atoms with Crippen LogP contribution >= 0.6 is 0 Å². The molecular formula is C27H22N2O5. The minimum Gasteiger partial charge on any atom is -0.493 e. The lowest BCUT2D eigenvalue weighted by Gasteiger charge is -2.08. The molecule has 4 aromatic carbocycles. The van der Waals surface area contributed by atoms with Crippen LogP contribution in [0.4, 0.5) is 0 Å². The first-order chi connectivity index (χ1) is 16.6. The van der Waals surface area contributed by atoms with Gasteiger partial charge in [-0.15, -0.1) is 0 Å². The van der Waals surface area contributed by atoms with Crippen molar-refractivity contribution in [2.24, 2.45) is 5.10 Å². The molecule has 170 valence electrons. The number of hydrogen-bond acceptors (Lipinski definition) is 6. The van der Waals surface area contributed by atoms with Crippen molar-refractivity contribution in [2.45, 2.75) is 0 Å². The van der Waals surface area contributed by atoms with Crippen molar-refractivity contribution in [3.63, 3.8) is 0 Å². The zero-order chi connectivity index (χ0) is 23.9. The van der Waals surface area contributed by atoms with Crippen molar-refractivity contribution in [3.05, 3.63) is 102 Å². The van der Waals surface area contributed by atoms with E-state index in [1.165, 1.54) is 20.4 Å². The summed E-state index contributed by atoms with van der Waals surface area (Å²) in [6, 6.07) is 24.8. The molecule has 0 aliphatic heterocycles. The maximum absolute atomic E-state index is 12.7. The second-order valence-electron chi connectivity index (χ2n) is 7.25. The van der Waals surface area contributed by atoms with Crippen LogP contribution in [0.5, 0.6) is 17.2 Å². The molecule has 0 fully saturated rings. The van der Waals surface area contributed by atoms with E-state index >= 15 is 0 Å². The van der Waals surface area contributed by atoms with Crippen molar-refractivity contribution in [3.8, 4) is 17.2 Å². The van der Waals surface area contributed by atoms with Crippen LogP contribution in [0.15, 0.2) is 90.0 Å². The molecule has 1 N–H and O–H groups in total. The Balaban J connectivity index is 1.38. The summed E-state index contributed by atoms with van der Waals surface area (Å²) in [6.07, 6.45) is 1.50. The molecule has 0 aliphatic carbocycles. The smallest absolute Gasteiger partial charge is 0.344 e. The summed E-state index contributed by atoms with van der Waals surface area (Å²) in [4.78, 5) is 25.0. The number of benzene rings is 4. The molecular weight excluding hydrogens is 432 g/mol. The minimum absolute atomic E-state index is 0.380. The van der Waals surface area contributed by atoms with Gasteiger partial charge in [0.2, 0.25) is 0 Å². The van der Waals surface area contributed by atoms with Crippen LogP contribution < -0.4 is 19.6 Å². The van der Waals surface area contributed by atoms with Crippen LogP contribution in [0.3, 0.4) is 0 Å². The second-order valence-corrected chi connectivity index (χ2v) is 7.25. The lowest BCUT2D eigenvalue weighted by Crippen LogP contribution is -2.17. The Labute approximate surface area is 196 Å². The largest absolute Gasteiger partial charge is 0.493 e. The number of nitrogens with zero attached hydrogens (tertiary/aromatic N) is 1. The molecule has 0 spiro atoms. The first-order valence-corrected chi connectivity index (χ1v) is 10.4. The molecule has 1 amide bonds. The number of carbonyl (C=O) groups is 2. The summed E-state index contributed by atoms with van der Waals surface area (Å²) in [5.41, 5.74) is 4.07. The molecule has 0 aromatic heterocycles. The van der Waals surface area contributed by atoms with Gasteiger partial charge in [0.1, 0.15) is 5.75 Å². The normalized spacial score (nSPS) is 10.8. The number of ether oxygens (including phenoxy) is 3. The van der Waals surface area contributed by atoms with Crippen molar-refractivity contribution in [1.29, 1.82) is 0 Å². The summed E-state index contributed by atoms with van der Waals surface area (Å²) in [5.74, 6) is 0.569. The van der Waals surface area contributed by atoms with Gasteiger partial charge in [0.25, 0.3) is 5.91 Å². The van der Waals surface area contributed by atoms with Crippen molar-refractivity contribution in [1.82, 2.24) is 5.43 Å². The molecule has 0 saturated carbocycles. The van der Waals surface area contributed by atoms with Gasteiger partial charge in [-0.25, -0.2) is 10.2 Å². The number of esters is 1. The average Bonchev–Trinajstić information content (AvgIpc) is 2.88. The minimum atomic E-state index is -0.430. The molecule has 4 rings (SSSR count). The van der Waals surface area contributed by atoms with E-state index in [1.54, 1.807) is 48.5 Å². The maximum atomic E-state index is 12.7. The molecule has 0 saturated heterocycles. The highest BCUT2D eigenvalue weighted by Gasteiger charge is 2.12. The fraction of sp³-hybridized carbons (Fsp3) is 0.0741. The second kappa shape index (κ2) is 10.3. The van der Waals surface area contributed by atoms with Crippen LogP contribution in [-0.2, 0) is 0 Å². The van der Waals surface area contributed by atoms with E-state index in [2.05, 4.69) is 10.5 Å². The lowest BCUT2D eigenvalue weighted by molar-refractivity contribution is 0.0736. The fourth-order valence-electron chi connectivity index (χ4n) is 3.39. The Bertz CT molecular complexity index is 1360. The van der Waals surface area contributed by atoms with Gasteiger partial charge in [-0.2, -0.15) is 5.10 Å². The van der Waals surface area contributed by atoms with Gasteiger partial charge in [-0.1, -0.05) is 36.4 Å². The first kappa shape index (κ1) is 22.5. The number of rotatable bonds is 7. The van der Waals surface area contributed by atoms with Gasteiger partial charge in [0.15, 0.2) is 11.5 Å². The first-order valence-electron chi connectivity index (χ1n) is 10.4. The Morgan fingerprint density at radius 2 is 1.56 bits per heavy atom. The fourth-order valence-corrected chi connectivity index (χ4v) is 3.39. The molecule has 0 radical (unpaired) electrons. The topological polar surface area (TPSA) is 86.2 Å². The average molecular weight is 454 g/mol. The number of nitrogens with one attached hydrogen (secondary N) is 1. The lowest BCUT2D eigenvalue weighted by atomic mass is 10.0. The number of carbonyl (C=O) groups excluding carboxylic acids is 2. The van der Waals surface area contributed by atoms with Crippen molar-refractivity contribution < 1.29 is 23.8 Å². The third-order valence-electron chi connectivity index (χ3n) is 5.13. The predicted molar refractivity (Wildman–Crippen MR) is 130 cm³/mol. The summed E-state index contributed by atoms with van der Waals surface area (Å²) < 4.78 is 15.9. The van der Waals surface area contributed by atoms with Crippen molar-refractivity contribution >= 4 is 28.9 Å². The zero-order valence-electron chi connectivity index (χ0n) is 18.6. The molecule has 0 atom stereocenters. The third-order valence-corrected chi connectivity index (χ3v) is 5.13. The van der Waals surface area contributed by atoms with E-state index < -0.39 is 11.9 Å². The van der Waals surface area contributed by atoms with Gasteiger partial charge >= 0.3 is 5.97 Å². The summed E-state index contributed by atoms with van der Waals surface area (Å²) in [7, 11) is 3.03. The van der Waals surface area contributed by atoms with Crippen LogP contribution in [0, 0.1) is 0 Å². The molecule has 4 aromatic rings. The molecule has 34 heavy (non-hydrogen) atoms. The zero-order valence-corrected chi connectivity index (χ0v) is 18.6. The van der Waals surface area contributed by atoms with Crippen LogP contribution in [0.1, 0.15) is 26.3 Å². The Hall–Kier alpha value is -4.65. The van der Waals surface area contributed by atoms with E-state index in [4.69, 9.17) is 14.2 Å². The van der Waals surface area contributed by atoms with E-state index in [0.29, 0.717) is 28.4 Å². The molecule has 0 unspecified atom stereocenters. The summed E-state index contributed by atoms with van der Waals surface area (Å²) >= 11 is 0. The molecule has 0 aliphatic rings. The SMILES string of the molecule is COc1ccc(C(=O)NN=Cc2ccc(OC(=O)c3cccc4ccccc34)cc2)cc1OC. The summed E-state index contributed by atoms with van der Waals surface area (Å²) in [6.45, 7) is 0. The number of fused-ring (bicyclic) bond motifs is 1. The highest BCUT2D eigenvalue weighted by molar-refractivity contribution is 6.05. The van der Waals surface area contributed by atoms with Gasteiger partial charge in [-0.05, 0) is 64.9 Å². The van der Waals surface area contributed by atoms with Gasteiger partial charge in [-0.3, -0.25) is 4.79 Å². The number of hydrogen-bond donors (Lipinski definition) is 1. The van der Waals surface area contributed by atoms with E-state index in [-0.39, 0.29) is 0 Å². The Morgan fingerprint density at radius 1 is 0.824 bits per heavy atom. The number of amides is 1. The molecule has 7 heteroatoms. The third kappa shape index (κ3) is 5.05. The van der Waals surface area contributed by atoms with E-state index in [0.717, 1.165) is 16.3 Å². The Kier molecular flexibility index (Phi) is 6.84. The molecule has 7 nitrogen and oxygen atoms in total. The van der Waals surface area contributed by atoms with Gasteiger partial charge < -0.3 is 14.2 Å². The highest BCUT2D eigenvalue weighted by atomic mass is 16.5. The van der Waals surface area contributed by atoms with Gasteiger partial charge in [0, 0.05) is 5.56 Å². The van der Waals surface area contributed by atoms with Crippen LogP contribution in [-0.4, -0.2) is 32.3 Å². The van der Waals surface area contributed by atoms with E-state index in [1.807, 2.05) is 36.4 Å².